The Balaban J connectivity index is 0. The molecule has 0 aliphatic carbocycles. The zero-order valence-corrected chi connectivity index (χ0v) is 8.10. The number of nitrogens with one attached hydrogen (secondary N) is 1. The summed E-state index contributed by atoms with van der Waals surface area (Å²) >= 11 is 0. The maximum absolute atomic E-state index is 6.75. The van der Waals surface area contributed by atoms with Gasteiger partial charge in [0, 0.05) is 6.54 Å². The van der Waals surface area contributed by atoms with Crippen molar-refractivity contribution >= 4 is 0 Å². The molecular weight excluding hydrogens is 157 g/mol. The summed E-state index contributed by atoms with van der Waals surface area (Å²) in [6.45, 7) is 0.455. The van der Waals surface area contributed by atoms with E-state index in [1.165, 1.54) is 4.91 Å². The summed E-state index contributed by atoms with van der Waals surface area (Å²) in [6.07, 6.45) is 1.60. The van der Waals surface area contributed by atoms with Crippen LogP contribution in [0.25, 0.3) is 16.0 Å². The zero-order chi connectivity index (χ0) is 7.82. The Morgan fingerprint density at radius 2 is 2.18 bits per heavy atom. The summed E-state index contributed by atoms with van der Waals surface area (Å²) in [5.41, 5.74) is 19.5. The largest absolute Gasteiger partial charge is 1.00 e. The Morgan fingerprint density at radius 1 is 1.64 bits per heavy atom. The van der Waals surface area contributed by atoms with E-state index in [2.05, 4.69) is 15.4 Å². The third kappa shape index (κ3) is 7.31. The molecule has 0 atom stereocenters. The minimum atomic E-state index is 0. The van der Waals surface area contributed by atoms with Crippen LogP contribution in [-0.4, -0.2) is 15.4 Å². The first kappa shape index (κ1) is 13.0. The summed E-state index contributed by atoms with van der Waals surface area (Å²) in [7, 11) is 0. The van der Waals surface area contributed by atoms with Crippen LogP contribution >= 0.6 is 0 Å². The van der Waals surface area contributed by atoms with Crippen molar-refractivity contribution in [2.75, 3.05) is 0 Å². The van der Waals surface area contributed by atoms with Crippen LogP contribution in [0.3, 0.4) is 0 Å². The second kappa shape index (κ2) is 9.41. The second-order valence-electron chi connectivity index (χ2n) is 1.25. The molecule has 0 aromatic carbocycles. The molecule has 54 valence electrons. The van der Waals surface area contributed by atoms with E-state index in [0.717, 1.165) is 5.69 Å². The fourth-order valence-corrected chi connectivity index (χ4v) is 0.324. The zero-order valence-electron chi connectivity index (χ0n) is 6.10. The van der Waals surface area contributed by atoms with Gasteiger partial charge in [0.2, 0.25) is 0 Å². The van der Waals surface area contributed by atoms with Gasteiger partial charge in [0.25, 0.3) is 0 Å². The number of hydrogen-bond donors (Lipinski definition) is 2. The summed E-state index contributed by atoms with van der Waals surface area (Å²) in [5, 5.41) is 9.65. The van der Waals surface area contributed by atoms with Crippen molar-refractivity contribution in [3.63, 3.8) is 0 Å². The molecule has 3 N–H and O–H groups in total. The molecule has 0 saturated carbocycles. The van der Waals surface area contributed by atoms with E-state index in [9.17, 15) is 0 Å². The fourth-order valence-electron chi connectivity index (χ4n) is 0.324. The molecule has 0 unspecified atom stereocenters. The molecule has 7 nitrogen and oxygen atoms in total. The van der Waals surface area contributed by atoms with Gasteiger partial charge in [-0.2, -0.15) is 15.4 Å². The number of nitrogens with two attached hydrogens (primary N) is 1. The molecule has 1 heterocycles. The monoisotopic (exact) mass is 163 g/mol. The quantitative estimate of drug-likeness (QED) is 0.200. The topological polar surface area (TPSA) is 126 Å². The molecule has 0 spiro atoms. The van der Waals surface area contributed by atoms with Crippen LogP contribution in [0.15, 0.2) is 6.20 Å². The van der Waals surface area contributed by atoms with Gasteiger partial charge < -0.3 is 16.8 Å². The van der Waals surface area contributed by atoms with Gasteiger partial charge in [-0.25, -0.2) is 0 Å². The molecule has 1 aromatic heterocycles. The molecule has 8 heteroatoms. The minimum Gasteiger partial charge on any atom is -0.373 e. The van der Waals surface area contributed by atoms with E-state index in [4.69, 9.17) is 16.8 Å². The third-order valence-electron chi connectivity index (χ3n) is 0.674. The van der Waals surface area contributed by atoms with Crippen LogP contribution in [0.1, 0.15) is 5.69 Å². The molecule has 0 aliphatic rings. The Labute approximate surface area is 85.1 Å². The predicted octanol–water partition coefficient (Wildman–Crippen LogP) is -2.87. The number of hydrogen-bond acceptors (Lipinski definition) is 3. The van der Waals surface area contributed by atoms with Gasteiger partial charge in [0.15, 0.2) is 0 Å². The van der Waals surface area contributed by atoms with E-state index in [0.29, 0.717) is 6.54 Å². The number of rotatable bonds is 1. The van der Waals surface area contributed by atoms with Gasteiger partial charge in [0.1, 0.15) is 0 Å². The van der Waals surface area contributed by atoms with E-state index < -0.39 is 0 Å². The first-order valence-electron chi connectivity index (χ1n) is 2.38. The summed E-state index contributed by atoms with van der Waals surface area (Å²) in [5.74, 6) is 0. The van der Waals surface area contributed by atoms with Crippen molar-refractivity contribution in [3.05, 3.63) is 27.9 Å². The van der Waals surface area contributed by atoms with Gasteiger partial charge in [0.05, 0.1) is 11.9 Å². The molecule has 0 bridgehead atoms. The third-order valence-corrected chi connectivity index (χ3v) is 0.674. The number of H-pyrrole nitrogens is 1. The second-order valence-corrected chi connectivity index (χ2v) is 1.25. The average Bonchev–Trinajstić information content (AvgIpc) is 2.39. The Morgan fingerprint density at radius 3 is 2.36 bits per heavy atom. The minimum absolute atomic E-state index is 0. The molecule has 0 amide bonds. The Bertz CT molecular complexity index is 187. The summed E-state index contributed by atoms with van der Waals surface area (Å²) in [4.78, 5) is 1.50. The summed E-state index contributed by atoms with van der Waals surface area (Å²) < 4.78 is 0. The fraction of sp³-hybridized carbons (Fsp3) is 0.333. The van der Waals surface area contributed by atoms with E-state index in [-0.39, 0.29) is 29.6 Å². The summed E-state index contributed by atoms with van der Waals surface area (Å²) in [6, 6.07) is 0. The van der Waals surface area contributed by atoms with Crippen LogP contribution in [0.5, 0.6) is 0 Å². The molecule has 11 heavy (non-hydrogen) atoms. The molecular formula is C3H6N7Na. The van der Waals surface area contributed by atoms with Crippen molar-refractivity contribution in [2.45, 2.75) is 6.54 Å². The van der Waals surface area contributed by atoms with Crippen molar-refractivity contribution in [1.82, 2.24) is 15.4 Å². The van der Waals surface area contributed by atoms with Crippen LogP contribution < -0.4 is 35.3 Å². The maximum atomic E-state index is 6.75. The average molecular weight is 163 g/mol. The van der Waals surface area contributed by atoms with Gasteiger partial charge in [-0.1, -0.05) is 0 Å². The van der Waals surface area contributed by atoms with Gasteiger partial charge >= 0.3 is 29.6 Å². The number of aromatic amines is 1. The molecule has 0 radical (unpaired) electrons. The van der Waals surface area contributed by atoms with Crippen molar-refractivity contribution in [3.8, 4) is 0 Å². The SMILES string of the molecule is NCc1cn[nH]n1.[N-]=[N+]=[N-].[Na+]. The standard InChI is InChI=1S/C3H6N4.N3.Na/c4-1-3-2-5-7-6-3;1-3-2;/h2H,1,4H2,(H,5,6,7);;/q;-1;+1. The van der Waals surface area contributed by atoms with Crippen molar-refractivity contribution < 1.29 is 29.6 Å². The van der Waals surface area contributed by atoms with E-state index in [1.54, 1.807) is 6.20 Å². The Kier molecular flexibility index (Phi) is 11.1. The van der Waals surface area contributed by atoms with Crippen LogP contribution in [-0.2, 0) is 6.54 Å². The van der Waals surface area contributed by atoms with Crippen LogP contribution in [0, 0.1) is 0 Å². The molecule has 0 fully saturated rings. The van der Waals surface area contributed by atoms with Crippen LogP contribution in [0.2, 0.25) is 0 Å². The normalized spacial score (nSPS) is 6.64. The molecule has 1 rings (SSSR count). The van der Waals surface area contributed by atoms with Crippen molar-refractivity contribution in [2.24, 2.45) is 5.73 Å². The van der Waals surface area contributed by atoms with Gasteiger partial charge in [-0.05, 0) is 0 Å². The smallest absolute Gasteiger partial charge is 0.373 e. The van der Waals surface area contributed by atoms with Crippen LogP contribution in [0.4, 0.5) is 0 Å². The number of nitrogens with zero attached hydrogens (tertiary/aromatic N) is 5. The first-order chi connectivity index (χ1) is 4.85. The number of aromatic nitrogens is 3. The van der Waals surface area contributed by atoms with Crippen molar-refractivity contribution in [1.29, 1.82) is 0 Å². The molecule has 0 aliphatic heterocycles. The van der Waals surface area contributed by atoms with Gasteiger partial charge in [-0.15, -0.1) is 0 Å². The van der Waals surface area contributed by atoms with E-state index in [1.807, 2.05) is 0 Å². The molecule has 1 aromatic rings. The van der Waals surface area contributed by atoms with Gasteiger partial charge in [-0.3, -0.25) is 4.91 Å². The predicted molar refractivity (Wildman–Crippen MR) is 34.4 cm³/mol. The van der Waals surface area contributed by atoms with E-state index >= 15 is 0 Å². The Hall–Kier alpha value is -0.590. The maximum Gasteiger partial charge on any atom is 1.00 e. The molecule has 0 saturated heterocycles. The first-order valence-corrected chi connectivity index (χ1v) is 2.38.